The van der Waals surface area contributed by atoms with Gasteiger partial charge >= 0.3 is 0 Å². The minimum Gasteiger partial charge on any atom is -0.489 e. The molecule has 2 heterocycles. The Kier molecular flexibility index (Phi) is 6.32. The van der Waals surface area contributed by atoms with Crippen molar-refractivity contribution in [3.63, 3.8) is 0 Å². The topological polar surface area (TPSA) is 30.3 Å². The number of halogens is 2. The van der Waals surface area contributed by atoms with Crippen LogP contribution in [0.3, 0.4) is 0 Å². The minimum absolute atomic E-state index is 0.0660. The SMILES string of the molecule is [2H]C1CCN(C(Cl)C2=Cc3ccc(OCc4ccc5c(c4)c(Cl)nn5C(C)C)cc3CC2)CC1. The van der Waals surface area contributed by atoms with Crippen molar-refractivity contribution in [1.82, 2.24) is 14.7 Å². The molecule has 1 aliphatic carbocycles. The van der Waals surface area contributed by atoms with Gasteiger partial charge in [0.1, 0.15) is 17.9 Å². The third kappa shape index (κ3) is 4.80. The molecule has 174 valence electrons. The minimum atomic E-state index is -0.0710. The molecule has 0 radical (unpaired) electrons. The number of alkyl halides is 1. The Hall–Kier alpha value is -2.01. The molecule has 33 heavy (non-hydrogen) atoms. The molecule has 2 aliphatic rings. The summed E-state index contributed by atoms with van der Waals surface area (Å²) >= 11 is 13.2. The van der Waals surface area contributed by atoms with E-state index in [0.717, 1.165) is 61.0 Å². The first-order chi connectivity index (χ1) is 16.4. The standard InChI is InChI=1S/C27H31Cl2N3O/c1-18(2)32-25-11-6-19(14-24(25)26(28)30-32)17-33-23-10-9-20-15-22(8-7-21(20)16-23)27(29)31-12-4-3-5-13-31/h6,9-11,14-16,18,27H,3-5,7-8,12-13,17H2,1-2H3/i3D. The molecule has 0 N–H and O–H groups in total. The first-order valence-corrected chi connectivity index (χ1v) is 12.6. The van der Waals surface area contributed by atoms with Gasteiger partial charge in [0, 0.05) is 12.8 Å². The summed E-state index contributed by atoms with van der Waals surface area (Å²) in [5.74, 6) is 0.875. The molecule has 5 rings (SSSR count). The predicted molar refractivity (Wildman–Crippen MR) is 137 cm³/mol. The van der Waals surface area contributed by atoms with Crippen molar-refractivity contribution >= 4 is 40.2 Å². The molecule has 3 aromatic rings. The smallest absolute Gasteiger partial charge is 0.158 e. The summed E-state index contributed by atoms with van der Waals surface area (Å²) in [6, 6.07) is 12.8. The van der Waals surface area contributed by atoms with Crippen molar-refractivity contribution in [2.45, 2.75) is 64.1 Å². The van der Waals surface area contributed by atoms with Gasteiger partial charge in [-0.05, 0) is 99.1 Å². The van der Waals surface area contributed by atoms with Crippen LogP contribution in [0.5, 0.6) is 5.75 Å². The van der Waals surface area contributed by atoms with Gasteiger partial charge in [0.2, 0.25) is 0 Å². The van der Waals surface area contributed by atoms with E-state index in [2.05, 4.69) is 60.3 Å². The molecule has 1 atom stereocenters. The highest BCUT2D eigenvalue weighted by Gasteiger charge is 2.24. The molecule has 0 saturated carbocycles. The summed E-state index contributed by atoms with van der Waals surface area (Å²) < 4.78 is 16.0. The fraction of sp³-hybridized carbons (Fsp3) is 0.444. The molecule has 4 nitrogen and oxygen atoms in total. The first-order valence-electron chi connectivity index (χ1n) is 12.4. The number of nitrogens with zero attached hydrogens (tertiary/aromatic N) is 3. The number of likely N-dealkylation sites (tertiary alicyclic amines) is 1. The summed E-state index contributed by atoms with van der Waals surface area (Å²) in [5, 5.41) is 5.95. The van der Waals surface area contributed by atoms with Crippen LogP contribution in [0.1, 0.15) is 63.6 Å². The monoisotopic (exact) mass is 484 g/mol. The average molecular weight is 485 g/mol. The lowest BCUT2D eigenvalue weighted by Gasteiger charge is -2.33. The van der Waals surface area contributed by atoms with Crippen LogP contribution in [0.15, 0.2) is 42.0 Å². The van der Waals surface area contributed by atoms with Gasteiger partial charge in [-0.25, -0.2) is 0 Å². The van der Waals surface area contributed by atoms with Crippen molar-refractivity contribution in [2.24, 2.45) is 0 Å². The van der Waals surface area contributed by atoms with Gasteiger partial charge in [0.15, 0.2) is 5.15 Å². The third-order valence-corrected chi connectivity index (χ3v) is 7.46. The second-order valence-corrected chi connectivity index (χ2v) is 10.1. The quantitative estimate of drug-likeness (QED) is 0.273. The number of piperidine rings is 1. The van der Waals surface area contributed by atoms with Crippen LogP contribution in [0.2, 0.25) is 5.15 Å². The van der Waals surface area contributed by atoms with E-state index in [4.69, 9.17) is 29.3 Å². The van der Waals surface area contributed by atoms with Crippen LogP contribution in [0.4, 0.5) is 0 Å². The summed E-state index contributed by atoms with van der Waals surface area (Å²) in [4.78, 5) is 2.31. The van der Waals surface area contributed by atoms with E-state index in [9.17, 15) is 0 Å². The maximum Gasteiger partial charge on any atom is 0.158 e. The largest absolute Gasteiger partial charge is 0.489 e. The third-order valence-electron chi connectivity index (χ3n) is 6.63. The van der Waals surface area contributed by atoms with E-state index in [1.165, 1.54) is 16.7 Å². The Morgan fingerprint density at radius 3 is 2.73 bits per heavy atom. The van der Waals surface area contributed by atoms with Gasteiger partial charge in [-0.3, -0.25) is 9.58 Å². The highest BCUT2D eigenvalue weighted by molar-refractivity contribution is 6.34. The fourth-order valence-electron chi connectivity index (χ4n) is 4.80. The Morgan fingerprint density at radius 1 is 1.12 bits per heavy atom. The van der Waals surface area contributed by atoms with E-state index in [1.807, 2.05) is 10.7 Å². The van der Waals surface area contributed by atoms with E-state index in [-0.39, 0.29) is 17.9 Å². The van der Waals surface area contributed by atoms with E-state index in [1.54, 1.807) is 0 Å². The highest BCUT2D eigenvalue weighted by Crippen LogP contribution is 2.33. The van der Waals surface area contributed by atoms with Crippen LogP contribution in [0, 0.1) is 0 Å². The lowest BCUT2D eigenvalue weighted by molar-refractivity contribution is 0.224. The molecule has 0 amide bonds. The average Bonchev–Trinajstić information content (AvgIpc) is 3.18. The van der Waals surface area contributed by atoms with Crippen molar-refractivity contribution in [3.05, 3.63) is 63.8 Å². The van der Waals surface area contributed by atoms with Crippen molar-refractivity contribution in [3.8, 4) is 5.75 Å². The van der Waals surface area contributed by atoms with Gasteiger partial charge in [-0.2, -0.15) is 5.10 Å². The van der Waals surface area contributed by atoms with Gasteiger partial charge in [-0.15, -0.1) is 11.6 Å². The zero-order chi connectivity index (χ0) is 23.8. The van der Waals surface area contributed by atoms with Crippen molar-refractivity contribution < 1.29 is 6.11 Å². The molecule has 1 saturated heterocycles. The lowest BCUT2D eigenvalue weighted by Crippen LogP contribution is -2.37. The van der Waals surface area contributed by atoms with Gasteiger partial charge in [-0.1, -0.05) is 36.2 Å². The number of aromatic nitrogens is 2. The van der Waals surface area contributed by atoms with Gasteiger partial charge < -0.3 is 4.74 Å². The Bertz CT molecular complexity index is 1210. The van der Waals surface area contributed by atoms with E-state index >= 15 is 0 Å². The molecule has 6 heteroatoms. The normalized spacial score (nSPS) is 18.8. The number of rotatable bonds is 6. The highest BCUT2D eigenvalue weighted by atomic mass is 35.5. The maximum atomic E-state index is 7.91. The van der Waals surface area contributed by atoms with Gasteiger partial charge in [0.05, 0.1) is 5.52 Å². The Morgan fingerprint density at radius 2 is 1.94 bits per heavy atom. The van der Waals surface area contributed by atoms with Crippen LogP contribution in [0.25, 0.3) is 17.0 Å². The number of fused-ring (bicyclic) bond motifs is 2. The first kappa shape index (κ1) is 21.5. The number of hydrogen-bond acceptors (Lipinski definition) is 3. The molecule has 0 spiro atoms. The summed E-state index contributed by atoms with van der Waals surface area (Å²) in [6.07, 6.45) is 6.05. The second-order valence-electron chi connectivity index (χ2n) is 9.29. The van der Waals surface area contributed by atoms with E-state index < -0.39 is 0 Å². The van der Waals surface area contributed by atoms with Crippen LogP contribution < -0.4 is 4.74 Å². The lowest BCUT2D eigenvalue weighted by atomic mass is 9.91. The molecule has 1 unspecified atom stereocenters. The fourth-order valence-corrected chi connectivity index (χ4v) is 5.40. The zero-order valence-corrected chi connectivity index (χ0v) is 20.7. The Balaban J connectivity index is 1.26. The van der Waals surface area contributed by atoms with Crippen LogP contribution in [-0.4, -0.2) is 33.3 Å². The maximum absolute atomic E-state index is 7.91. The predicted octanol–water partition coefficient (Wildman–Crippen LogP) is 7.23. The molecule has 1 aromatic heterocycles. The molecular formula is C27H31Cl2N3O. The molecule has 1 aliphatic heterocycles. The number of benzene rings is 2. The summed E-state index contributed by atoms with van der Waals surface area (Å²) in [7, 11) is 0. The van der Waals surface area contributed by atoms with Crippen molar-refractivity contribution in [2.75, 3.05) is 13.1 Å². The van der Waals surface area contributed by atoms with E-state index in [0.29, 0.717) is 11.8 Å². The second kappa shape index (κ2) is 9.69. The summed E-state index contributed by atoms with van der Waals surface area (Å²) in [6.45, 7) is 6.50. The Labute approximate surface area is 207 Å². The number of ether oxygens (including phenoxy) is 1. The number of hydrogen-bond donors (Lipinski definition) is 0. The number of aryl methyl sites for hydroxylation is 1. The van der Waals surface area contributed by atoms with Crippen LogP contribution in [-0.2, 0) is 13.0 Å². The molecule has 1 fully saturated rings. The molecule has 0 bridgehead atoms. The molecule has 2 aromatic carbocycles. The zero-order valence-electron chi connectivity index (χ0n) is 20.2. The molecular weight excluding hydrogens is 453 g/mol. The van der Waals surface area contributed by atoms with Crippen molar-refractivity contribution in [1.29, 1.82) is 0 Å². The summed E-state index contributed by atoms with van der Waals surface area (Å²) in [5.41, 5.74) is 5.84. The van der Waals surface area contributed by atoms with Crippen LogP contribution >= 0.6 is 23.2 Å². The van der Waals surface area contributed by atoms with Gasteiger partial charge in [0.25, 0.3) is 0 Å².